The Balaban J connectivity index is 0.00000484. The highest BCUT2D eigenvalue weighted by Gasteiger charge is 2.35. The largest absolute Gasteiger partial charge is 0.419 e. The lowest BCUT2D eigenvalue weighted by atomic mass is 9.95. The van der Waals surface area contributed by atoms with Crippen LogP contribution in [0.25, 0.3) is 0 Å². The molecular weight excluding hydrogens is 360 g/mol. The fraction of sp³-hybridized carbons (Fsp3) is 0.538. The summed E-state index contributed by atoms with van der Waals surface area (Å²) in [6.45, 7) is 3.48. The summed E-state index contributed by atoms with van der Waals surface area (Å²) in [5.41, 5.74) is 3.66. The summed E-state index contributed by atoms with van der Waals surface area (Å²) in [5, 5.41) is 0. The molecule has 3 N–H and O–H groups in total. The van der Waals surface area contributed by atoms with Crippen LogP contribution in [0.15, 0.2) is 23.1 Å². The molecule has 0 saturated heterocycles. The summed E-state index contributed by atoms with van der Waals surface area (Å²) >= 11 is 0. The van der Waals surface area contributed by atoms with Crippen molar-refractivity contribution < 1.29 is 26.0 Å². The van der Waals surface area contributed by atoms with Crippen LogP contribution in [0.4, 0.5) is 17.6 Å². The molecule has 4 nitrogen and oxygen atoms in total. The SMILES string of the molecule is CCC(N)(CC)CNS(=O)(=O)c1ccc(C(F)(F)F)c(F)c1.Cl. The standard InChI is InChI=1S/C13H18F4N2O2S.ClH/c1-3-12(18,4-2)8-19-22(20,21)9-5-6-10(11(14)7-9)13(15,16)17;/h5-7,19H,3-4,8,18H2,1-2H3;1H. The number of nitrogens with one attached hydrogen (secondary N) is 1. The van der Waals surface area contributed by atoms with Gasteiger partial charge in [0, 0.05) is 12.1 Å². The Morgan fingerprint density at radius 3 is 2.09 bits per heavy atom. The first-order chi connectivity index (χ1) is 9.95. The van der Waals surface area contributed by atoms with Crippen molar-refractivity contribution in [3.8, 4) is 0 Å². The fourth-order valence-electron chi connectivity index (χ4n) is 1.71. The number of halogens is 5. The molecule has 0 heterocycles. The van der Waals surface area contributed by atoms with Crippen molar-refractivity contribution in [2.75, 3.05) is 6.54 Å². The average molecular weight is 379 g/mol. The van der Waals surface area contributed by atoms with Gasteiger partial charge in [0.2, 0.25) is 10.0 Å². The molecule has 0 radical (unpaired) electrons. The zero-order chi connectivity index (χ0) is 17.2. The van der Waals surface area contributed by atoms with Crippen LogP contribution in [0.2, 0.25) is 0 Å². The van der Waals surface area contributed by atoms with Gasteiger partial charge < -0.3 is 5.73 Å². The van der Waals surface area contributed by atoms with E-state index in [1.54, 1.807) is 13.8 Å². The van der Waals surface area contributed by atoms with Crippen molar-refractivity contribution in [3.63, 3.8) is 0 Å². The van der Waals surface area contributed by atoms with Crippen molar-refractivity contribution in [1.82, 2.24) is 4.72 Å². The van der Waals surface area contributed by atoms with Gasteiger partial charge in [-0.1, -0.05) is 13.8 Å². The molecule has 0 amide bonds. The van der Waals surface area contributed by atoms with E-state index in [1.165, 1.54) is 0 Å². The Hall–Kier alpha value is -0.900. The first-order valence-electron chi connectivity index (χ1n) is 6.60. The van der Waals surface area contributed by atoms with Gasteiger partial charge in [0.1, 0.15) is 5.82 Å². The van der Waals surface area contributed by atoms with Crippen LogP contribution in [0.5, 0.6) is 0 Å². The maximum Gasteiger partial charge on any atom is 0.419 e. The van der Waals surface area contributed by atoms with Crippen LogP contribution < -0.4 is 10.5 Å². The molecule has 0 aromatic heterocycles. The number of rotatable bonds is 6. The van der Waals surface area contributed by atoms with E-state index in [0.29, 0.717) is 31.0 Å². The monoisotopic (exact) mass is 378 g/mol. The van der Waals surface area contributed by atoms with Crippen LogP contribution in [0.1, 0.15) is 32.3 Å². The van der Waals surface area contributed by atoms with Crippen LogP contribution in [0, 0.1) is 5.82 Å². The van der Waals surface area contributed by atoms with Gasteiger partial charge in [-0.25, -0.2) is 17.5 Å². The third-order valence-corrected chi connectivity index (χ3v) is 4.98. The number of sulfonamides is 1. The van der Waals surface area contributed by atoms with E-state index in [9.17, 15) is 26.0 Å². The van der Waals surface area contributed by atoms with Gasteiger partial charge in [-0.05, 0) is 31.0 Å². The second-order valence-corrected chi connectivity index (χ2v) is 6.80. The lowest BCUT2D eigenvalue weighted by molar-refractivity contribution is -0.140. The van der Waals surface area contributed by atoms with Crippen LogP contribution in [0.3, 0.4) is 0 Å². The zero-order valence-corrected chi connectivity index (χ0v) is 14.2. The summed E-state index contributed by atoms with van der Waals surface area (Å²) in [6, 6.07) is 1.46. The van der Waals surface area contributed by atoms with Gasteiger partial charge in [0.25, 0.3) is 0 Å². The van der Waals surface area contributed by atoms with E-state index in [1.807, 2.05) is 0 Å². The van der Waals surface area contributed by atoms with Gasteiger partial charge in [0.15, 0.2) is 0 Å². The normalized spacial score (nSPS) is 12.8. The van der Waals surface area contributed by atoms with E-state index in [0.717, 1.165) is 0 Å². The summed E-state index contributed by atoms with van der Waals surface area (Å²) in [5.74, 6) is -1.64. The second-order valence-electron chi connectivity index (χ2n) is 5.03. The maximum atomic E-state index is 13.4. The Labute approximate surface area is 138 Å². The third kappa shape index (κ3) is 5.59. The molecule has 0 bridgehead atoms. The van der Waals surface area contributed by atoms with E-state index in [2.05, 4.69) is 4.72 Å². The molecule has 0 aliphatic heterocycles. The highest BCUT2D eigenvalue weighted by molar-refractivity contribution is 7.89. The molecule has 0 aliphatic carbocycles. The van der Waals surface area contributed by atoms with Gasteiger partial charge in [0.05, 0.1) is 10.5 Å². The highest BCUT2D eigenvalue weighted by Crippen LogP contribution is 2.32. The molecular formula is C13H19ClF4N2O2S. The van der Waals surface area contributed by atoms with Crippen molar-refractivity contribution in [3.05, 3.63) is 29.6 Å². The number of alkyl halides is 3. The Morgan fingerprint density at radius 1 is 1.17 bits per heavy atom. The van der Waals surface area contributed by atoms with E-state index >= 15 is 0 Å². The molecule has 23 heavy (non-hydrogen) atoms. The van der Waals surface area contributed by atoms with Crippen molar-refractivity contribution in [2.24, 2.45) is 5.73 Å². The second kappa shape index (κ2) is 7.78. The average Bonchev–Trinajstić information content (AvgIpc) is 2.43. The first kappa shape index (κ1) is 22.1. The number of hydrogen-bond acceptors (Lipinski definition) is 3. The zero-order valence-electron chi connectivity index (χ0n) is 12.6. The van der Waals surface area contributed by atoms with E-state index in [-0.39, 0.29) is 19.0 Å². The van der Waals surface area contributed by atoms with Crippen molar-refractivity contribution in [1.29, 1.82) is 0 Å². The van der Waals surface area contributed by atoms with Gasteiger partial charge in [-0.2, -0.15) is 13.2 Å². The molecule has 134 valence electrons. The topological polar surface area (TPSA) is 72.2 Å². The van der Waals surface area contributed by atoms with Crippen LogP contribution >= 0.6 is 12.4 Å². The minimum absolute atomic E-state index is 0. The predicted octanol–water partition coefficient (Wildman–Crippen LogP) is 3.06. The molecule has 0 fully saturated rings. The third-order valence-electron chi connectivity index (χ3n) is 3.58. The van der Waals surface area contributed by atoms with E-state index in [4.69, 9.17) is 5.73 Å². The predicted molar refractivity (Wildman–Crippen MR) is 81.3 cm³/mol. The van der Waals surface area contributed by atoms with Crippen molar-refractivity contribution in [2.45, 2.75) is 43.3 Å². The lowest BCUT2D eigenvalue weighted by Gasteiger charge is -2.26. The summed E-state index contributed by atoms with van der Waals surface area (Å²) in [4.78, 5) is -0.576. The summed E-state index contributed by atoms with van der Waals surface area (Å²) < 4.78 is 77.0. The van der Waals surface area contributed by atoms with Gasteiger partial charge in [-0.15, -0.1) is 12.4 Å². The molecule has 1 aromatic rings. The number of hydrogen-bond donors (Lipinski definition) is 2. The molecule has 0 saturated carbocycles. The molecule has 0 atom stereocenters. The highest BCUT2D eigenvalue weighted by atomic mass is 35.5. The Morgan fingerprint density at radius 2 is 1.70 bits per heavy atom. The molecule has 0 aliphatic rings. The summed E-state index contributed by atoms with van der Waals surface area (Å²) in [6.07, 6.45) is -3.86. The molecule has 0 unspecified atom stereocenters. The quantitative estimate of drug-likeness (QED) is 0.747. The first-order valence-corrected chi connectivity index (χ1v) is 8.09. The smallest absolute Gasteiger partial charge is 0.324 e. The Bertz CT molecular complexity index is 631. The van der Waals surface area contributed by atoms with Gasteiger partial charge >= 0.3 is 6.18 Å². The van der Waals surface area contributed by atoms with E-state index < -0.39 is 38.0 Å². The summed E-state index contributed by atoms with van der Waals surface area (Å²) in [7, 11) is -4.14. The lowest BCUT2D eigenvalue weighted by Crippen LogP contribution is -2.49. The fourth-order valence-corrected chi connectivity index (χ4v) is 2.86. The molecule has 1 aromatic carbocycles. The molecule has 0 spiro atoms. The Kier molecular flexibility index (Phi) is 7.48. The number of nitrogens with two attached hydrogens (primary N) is 1. The number of benzene rings is 1. The minimum atomic E-state index is -4.88. The minimum Gasteiger partial charge on any atom is -0.324 e. The van der Waals surface area contributed by atoms with Crippen LogP contribution in [-0.4, -0.2) is 20.5 Å². The van der Waals surface area contributed by atoms with Crippen molar-refractivity contribution >= 4 is 22.4 Å². The maximum absolute atomic E-state index is 13.4. The van der Waals surface area contributed by atoms with Crippen LogP contribution in [-0.2, 0) is 16.2 Å². The molecule has 10 heteroatoms. The van der Waals surface area contributed by atoms with Gasteiger partial charge in [-0.3, -0.25) is 0 Å². The molecule has 1 rings (SSSR count).